The van der Waals surface area contributed by atoms with Crippen LogP contribution >= 0.6 is 0 Å². The second-order valence-corrected chi connectivity index (χ2v) is 6.48. The summed E-state index contributed by atoms with van der Waals surface area (Å²) in [7, 11) is 0. The molecule has 3 N–H and O–H groups in total. The highest BCUT2D eigenvalue weighted by Gasteiger charge is 2.21. The van der Waals surface area contributed by atoms with Gasteiger partial charge in [-0.2, -0.15) is 0 Å². The molecule has 0 saturated heterocycles. The zero-order valence-electron chi connectivity index (χ0n) is 14.1. The minimum atomic E-state index is -0.318. The van der Waals surface area contributed by atoms with E-state index >= 15 is 0 Å². The third kappa shape index (κ3) is 4.07. The number of phenols is 3. The molecular formula is C20H24O4. The number of aromatic hydroxyl groups is 3. The van der Waals surface area contributed by atoms with Gasteiger partial charge in [-0.3, -0.25) is 0 Å². The molecule has 1 atom stereocenters. The van der Waals surface area contributed by atoms with Crippen molar-refractivity contribution < 1.29 is 20.1 Å². The summed E-state index contributed by atoms with van der Waals surface area (Å²) in [4.78, 5) is 11.1. The van der Waals surface area contributed by atoms with Crippen LogP contribution in [0.1, 0.15) is 49.3 Å². The molecule has 4 nitrogen and oxygen atoms in total. The first-order chi connectivity index (χ1) is 11.4. The molecule has 128 valence electrons. The van der Waals surface area contributed by atoms with E-state index in [-0.39, 0.29) is 29.6 Å². The molecule has 2 aromatic carbocycles. The first kappa shape index (κ1) is 17.9. The Bertz CT molecular complexity index is 690. The molecule has 0 heterocycles. The molecule has 4 heteroatoms. The van der Waals surface area contributed by atoms with Gasteiger partial charge in [-0.15, -0.1) is 0 Å². The molecular weight excluding hydrogens is 304 g/mol. The minimum Gasteiger partial charge on any atom is -0.508 e. The van der Waals surface area contributed by atoms with E-state index in [2.05, 4.69) is 13.8 Å². The summed E-state index contributed by atoms with van der Waals surface area (Å²) in [5, 5.41) is 30.2. The third-order valence-electron chi connectivity index (χ3n) is 4.26. The number of carbonyl (C=O) groups is 1. The Hall–Kier alpha value is -2.49. The van der Waals surface area contributed by atoms with Crippen molar-refractivity contribution in [2.45, 2.75) is 39.0 Å². The summed E-state index contributed by atoms with van der Waals surface area (Å²) in [5.41, 5.74) is 1.97. The summed E-state index contributed by atoms with van der Waals surface area (Å²) in [6.07, 6.45) is 2.46. The van der Waals surface area contributed by atoms with Crippen LogP contribution in [-0.2, 0) is 11.2 Å². The summed E-state index contributed by atoms with van der Waals surface area (Å²) in [6.45, 7) is 4.17. The molecule has 1 unspecified atom stereocenters. The first-order valence-corrected chi connectivity index (χ1v) is 8.20. The topological polar surface area (TPSA) is 77.8 Å². The van der Waals surface area contributed by atoms with Crippen LogP contribution in [0, 0.1) is 5.92 Å². The van der Waals surface area contributed by atoms with E-state index in [1.807, 2.05) is 0 Å². The molecule has 2 aromatic rings. The van der Waals surface area contributed by atoms with Gasteiger partial charge in [0.25, 0.3) is 0 Å². The number of rotatable bonds is 7. The Kier molecular flexibility index (Phi) is 5.85. The SMILES string of the molecule is CC(C)CCc1c(O)ccc(C(CC=O)c2ccc(O)cc2)c1O. The van der Waals surface area contributed by atoms with E-state index in [9.17, 15) is 20.1 Å². The Morgan fingerprint density at radius 2 is 1.67 bits per heavy atom. The molecule has 0 aliphatic rings. The zero-order chi connectivity index (χ0) is 17.7. The highest BCUT2D eigenvalue weighted by molar-refractivity contribution is 5.58. The Labute approximate surface area is 142 Å². The van der Waals surface area contributed by atoms with Crippen LogP contribution < -0.4 is 0 Å². The van der Waals surface area contributed by atoms with Crippen molar-refractivity contribution in [2.24, 2.45) is 5.92 Å². The van der Waals surface area contributed by atoms with E-state index in [0.29, 0.717) is 23.5 Å². The molecule has 0 aromatic heterocycles. The molecule has 0 amide bonds. The predicted molar refractivity (Wildman–Crippen MR) is 93.6 cm³/mol. The van der Waals surface area contributed by atoms with E-state index in [1.54, 1.807) is 36.4 Å². The lowest BCUT2D eigenvalue weighted by molar-refractivity contribution is -0.108. The van der Waals surface area contributed by atoms with Gasteiger partial charge < -0.3 is 20.1 Å². The van der Waals surface area contributed by atoms with Crippen molar-refractivity contribution in [2.75, 3.05) is 0 Å². The average Bonchev–Trinajstić information content (AvgIpc) is 2.54. The normalized spacial score (nSPS) is 12.3. The second-order valence-electron chi connectivity index (χ2n) is 6.48. The van der Waals surface area contributed by atoms with Crippen molar-refractivity contribution >= 4 is 6.29 Å². The zero-order valence-corrected chi connectivity index (χ0v) is 14.1. The van der Waals surface area contributed by atoms with E-state index in [0.717, 1.165) is 18.3 Å². The number of hydrogen-bond acceptors (Lipinski definition) is 4. The maximum absolute atomic E-state index is 11.1. The van der Waals surface area contributed by atoms with E-state index in [1.165, 1.54) is 0 Å². The van der Waals surface area contributed by atoms with Crippen molar-refractivity contribution in [3.8, 4) is 17.2 Å². The number of aldehydes is 1. The van der Waals surface area contributed by atoms with Crippen LogP contribution in [0.25, 0.3) is 0 Å². The molecule has 0 radical (unpaired) electrons. The monoisotopic (exact) mass is 328 g/mol. The van der Waals surface area contributed by atoms with Gasteiger partial charge in [0.05, 0.1) is 0 Å². The standard InChI is InChI=1S/C20H24O4/c1-13(2)3-8-18-19(23)10-9-17(20(18)24)16(11-12-21)14-4-6-15(22)7-5-14/h4-7,9-10,12-13,16,22-24H,3,8,11H2,1-2H3. The smallest absolute Gasteiger partial charge is 0.126 e. The van der Waals surface area contributed by atoms with Crippen molar-refractivity contribution in [1.82, 2.24) is 0 Å². The van der Waals surface area contributed by atoms with Gasteiger partial charge in [0.15, 0.2) is 0 Å². The second kappa shape index (κ2) is 7.86. The number of benzene rings is 2. The van der Waals surface area contributed by atoms with Gasteiger partial charge in [-0.05, 0) is 42.5 Å². The number of phenolic OH excluding ortho intramolecular Hbond substituents is 3. The van der Waals surface area contributed by atoms with Gasteiger partial charge in [0.1, 0.15) is 23.5 Å². The fraction of sp³-hybridized carbons (Fsp3) is 0.350. The predicted octanol–water partition coefficient (Wildman–Crippen LogP) is 4.11. The van der Waals surface area contributed by atoms with Crippen LogP contribution in [-0.4, -0.2) is 21.6 Å². The number of carbonyl (C=O) groups excluding carboxylic acids is 1. The summed E-state index contributed by atoms with van der Waals surface area (Å²) < 4.78 is 0. The Morgan fingerprint density at radius 1 is 1.00 bits per heavy atom. The first-order valence-electron chi connectivity index (χ1n) is 8.20. The lowest BCUT2D eigenvalue weighted by Crippen LogP contribution is -2.04. The van der Waals surface area contributed by atoms with Crippen LogP contribution in [0.3, 0.4) is 0 Å². The Morgan fingerprint density at radius 3 is 2.25 bits per heavy atom. The minimum absolute atomic E-state index is 0.0515. The number of hydrogen-bond donors (Lipinski definition) is 3. The molecule has 0 spiro atoms. The molecule has 2 rings (SSSR count). The molecule has 0 saturated carbocycles. The Balaban J connectivity index is 2.44. The molecule has 0 aliphatic heterocycles. The highest BCUT2D eigenvalue weighted by atomic mass is 16.3. The summed E-state index contributed by atoms with van der Waals surface area (Å²) >= 11 is 0. The summed E-state index contributed by atoms with van der Waals surface area (Å²) in [6, 6.07) is 9.83. The van der Waals surface area contributed by atoms with Crippen LogP contribution in [0.5, 0.6) is 17.2 Å². The molecule has 0 bridgehead atoms. The van der Waals surface area contributed by atoms with Crippen molar-refractivity contribution in [3.63, 3.8) is 0 Å². The van der Waals surface area contributed by atoms with E-state index < -0.39 is 0 Å². The lowest BCUT2D eigenvalue weighted by atomic mass is 9.86. The highest BCUT2D eigenvalue weighted by Crippen LogP contribution is 2.40. The van der Waals surface area contributed by atoms with Crippen LogP contribution in [0.4, 0.5) is 0 Å². The fourth-order valence-electron chi connectivity index (χ4n) is 2.85. The van der Waals surface area contributed by atoms with Gasteiger partial charge in [0, 0.05) is 23.5 Å². The molecule has 0 aliphatic carbocycles. The quantitative estimate of drug-likeness (QED) is 0.668. The van der Waals surface area contributed by atoms with Crippen LogP contribution in [0.2, 0.25) is 0 Å². The van der Waals surface area contributed by atoms with Gasteiger partial charge in [0.2, 0.25) is 0 Å². The van der Waals surface area contributed by atoms with Gasteiger partial charge in [-0.25, -0.2) is 0 Å². The van der Waals surface area contributed by atoms with Crippen LogP contribution in [0.15, 0.2) is 36.4 Å². The average molecular weight is 328 g/mol. The van der Waals surface area contributed by atoms with Crippen molar-refractivity contribution in [1.29, 1.82) is 0 Å². The van der Waals surface area contributed by atoms with Crippen molar-refractivity contribution in [3.05, 3.63) is 53.1 Å². The largest absolute Gasteiger partial charge is 0.508 e. The van der Waals surface area contributed by atoms with Gasteiger partial charge in [-0.1, -0.05) is 32.0 Å². The third-order valence-corrected chi connectivity index (χ3v) is 4.26. The molecule has 0 fully saturated rings. The lowest BCUT2D eigenvalue weighted by Gasteiger charge is -2.20. The fourth-order valence-corrected chi connectivity index (χ4v) is 2.85. The summed E-state index contributed by atoms with van der Waals surface area (Å²) in [5.74, 6) is 0.413. The van der Waals surface area contributed by atoms with E-state index in [4.69, 9.17) is 0 Å². The maximum Gasteiger partial charge on any atom is 0.126 e. The maximum atomic E-state index is 11.1. The van der Waals surface area contributed by atoms with Gasteiger partial charge >= 0.3 is 0 Å². The molecule has 24 heavy (non-hydrogen) atoms.